The molecule has 1 aliphatic rings. The highest BCUT2D eigenvalue weighted by Crippen LogP contribution is 2.38. The molecule has 1 saturated heterocycles. The van der Waals surface area contributed by atoms with Gasteiger partial charge in [0.25, 0.3) is 0 Å². The van der Waals surface area contributed by atoms with E-state index in [2.05, 4.69) is 22.0 Å². The molecule has 2 unspecified atom stereocenters. The van der Waals surface area contributed by atoms with Gasteiger partial charge in [-0.2, -0.15) is 0 Å². The van der Waals surface area contributed by atoms with Gasteiger partial charge in [-0.05, 0) is 60.2 Å². The third-order valence-electron chi connectivity index (χ3n) is 5.40. The Balaban J connectivity index is 1.81. The van der Waals surface area contributed by atoms with Gasteiger partial charge >= 0.3 is 5.97 Å². The monoisotopic (exact) mass is 414 g/mol. The zero-order valence-corrected chi connectivity index (χ0v) is 16.7. The number of aromatic nitrogens is 1. The summed E-state index contributed by atoms with van der Waals surface area (Å²) in [5.41, 5.74) is 2.01. The third kappa shape index (κ3) is 3.86. The summed E-state index contributed by atoms with van der Waals surface area (Å²) in [6.07, 6.45) is 5.16. The average molecular weight is 415 g/mol. The van der Waals surface area contributed by atoms with Crippen LogP contribution in [0.15, 0.2) is 54.9 Å². The first kappa shape index (κ1) is 19.2. The van der Waals surface area contributed by atoms with E-state index in [0.717, 1.165) is 34.9 Å². The van der Waals surface area contributed by atoms with Crippen LogP contribution in [0.25, 0.3) is 10.8 Å². The number of hydrogen-bond acceptors (Lipinski definition) is 3. The van der Waals surface area contributed by atoms with Crippen molar-refractivity contribution in [3.8, 4) is 0 Å². The molecule has 0 radical (unpaired) electrons. The fourth-order valence-corrected chi connectivity index (χ4v) is 4.54. The number of hydrogen-bond donors (Lipinski definition) is 1. The molecule has 28 heavy (non-hydrogen) atoms. The quantitative estimate of drug-likeness (QED) is 0.618. The molecule has 1 aliphatic heterocycles. The van der Waals surface area contributed by atoms with E-state index in [1.165, 1.54) is 0 Å². The van der Waals surface area contributed by atoms with Crippen LogP contribution in [-0.2, 0) is 4.79 Å². The maximum absolute atomic E-state index is 11.6. The lowest BCUT2D eigenvalue weighted by molar-refractivity contribution is -0.143. The van der Waals surface area contributed by atoms with Crippen molar-refractivity contribution >= 4 is 39.9 Å². The molecular formula is C22H20Cl2N2O2. The van der Waals surface area contributed by atoms with Crippen LogP contribution in [0.2, 0.25) is 10.0 Å². The molecule has 4 nitrogen and oxygen atoms in total. The lowest BCUT2D eigenvalue weighted by Crippen LogP contribution is -2.41. The number of aliphatic carboxylic acids is 1. The van der Waals surface area contributed by atoms with Gasteiger partial charge in [0.2, 0.25) is 0 Å². The van der Waals surface area contributed by atoms with Crippen molar-refractivity contribution in [3.05, 3.63) is 76.0 Å². The molecule has 3 aromatic rings. The van der Waals surface area contributed by atoms with Crippen molar-refractivity contribution in [1.29, 1.82) is 0 Å². The summed E-state index contributed by atoms with van der Waals surface area (Å²) in [6.45, 7) is 1.31. The number of nitrogens with zero attached hydrogens (tertiary/aromatic N) is 2. The van der Waals surface area contributed by atoms with Gasteiger partial charge in [-0.3, -0.25) is 14.7 Å². The van der Waals surface area contributed by atoms with Crippen LogP contribution >= 0.6 is 23.2 Å². The van der Waals surface area contributed by atoms with Gasteiger partial charge in [0.05, 0.1) is 12.0 Å². The van der Waals surface area contributed by atoms with E-state index in [9.17, 15) is 9.90 Å². The van der Waals surface area contributed by atoms with E-state index >= 15 is 0 Å². The number of likely N-dealkylation sites (tertiary alicyclic amines) is 1. The maximum atomic E-state index is 11.6. The second-order valence-electron chi connectivity index (χ2n) is 7.22. The fraction of sp³-hybridized carbons (Fsp3) is 0.273. The molecule has 0 saturated carbocycles. The summed E-state index contributed by atoms with van der Waals surface area (Å²) in [7, 11) is 0. The Bertz CT molecular complexity index is 1020. The standard InChI is InChI=1S/C22H20Cl2N2O2/c23-18-5-6-19(20(24)11-18)21(26-9-1-2-17(13-26)22(27)28)15-3-4-16-12-25-8-7-14(16)10-15/h3-8,10-12,17,21H,1-2,9,13H2,(H,27,28). The molecule has 2 aromatic carbocycles. The van der Waals surface area contributed by atoms with Crippen LogP contribution in [0, 0.1) is 5.92 Å². The number of fused-ring (bicyclic) bond motifs is 1. The number of benzene rings is 2. The van der Waals surface area contributed by atoms with Crippen LogP contribution in [0.5, 0.6) is 0 Å². The smallest absolute Gasteiger partial charge is 0.307 e. The minimum Gasteiger partial charge on any atom is -0.481 e. The van der Waals surface area contributed by atoms with E-state index in [0.29, 0.717) is 23.0 Å². The third-order valence-corrected chi connectivity index (χ3v) is 5.97. The first-order valence-electron chi connectivity index (χ1n) is 9.28. The van der Waals surface area contributed by atoms with E-state index < -0.39 is 5.97 Å². The van der Waals surface area contributed by atoms with Gasteiger partial charge in [-0.1, -0.05) is 41.4 Å². The fourth-order valence-electron chi connectivity index (χ4n) is 4.02. The van der Waals surface area contributed by atoms with Gasteiger partial charge in [-0.15, -0.1) is 0 Å². The molecular weight excluding hydrogens is 395 g/mol. The summed E-state index contributed by atoms with van der Waals surface area (Å²) in [6, 6.07) is 13.6. The predicted molar refractivity (Wildman–Crippen MR) is 112 cm³/mol. The molecule has 0 aliphatic carbocycles. The lowest BCUT2D eigenvalue weighted by Gasteiger charge is -2.38. The van der Waals surface area contributed by atoms with Crippen molar-refractivity contribution in [3.63, 3.8) is 0 Å². The SMILES string of the molecule is O=C(O)C1CCCN(C(c2ccc3cnccc3c2)c2ccc(Cl)cc2Cl)C1. The highest BCUT2D eigenvalue weighted by molar-refractivity contribution is 6.35. The van der Waals surface area contributed by atoms with Crippen molar-refractivity contribution < 1.29 is 9.90 Å². The van der Waals surface area contributed by atoms with Gasteiger partial charge in [0.15, 0.2) is 0 Å². The van der Waals surface area contributed by atoms with E-state index in [1.54, 1.807) is 12.3 Å². The normalized spacial score (nSPS) is 18.9. The Hall–Kier alpha value is -2.14. The van der Waals surface area contributed by atoms with Crippen LogP contribution < -0.4 is 0 Å². The molecule has 4 rings (SSSR count). The molecule has 144 valence electrons. The topological polar surface area (TPSA) is 53.4 Å². The molecule has 1 fully saturated rings. The number of rotatable bonds is 4. The number of carboxylic acids is 1. The van der Waals surface area contributed by atoms with Crippen LogP contribution in [-0.4, -0.2) is 34.0 Å². The van der Waals surface area contributed by atoms with Crippen molar-refractivity contribution in [1.82, 2.24) is 9.88 Å². The van der Waals surface area contributed by atoms with Gasteiger partial charge in [0.1, 0.15) is 0 Å². The summed E-state index contributed by atoms with van der Waals surface area (Å²) < 4.78 is 0. The molecule has 2 atom stereocenters. The lowest BCUT2D eigenvalue weighted by atomic mass is 9.90. The zero-order valence-electron chi connectivity index (χ0n) is 15.2. The van der Waals surface area contributed by atoms with Crippen molar-refractivity contribution in [2.45, 2.75) is 18.9 Å². The highest BCUT2D eigenvalue weighted by Gasteiger charge is 2.32. The predicted octanol–water partition coefficient (Wildman–Crippen LogP) is 5.43. The van der Waals surface area contributed by atoms with Crippen molar-refractivity contribution in [2.75, 3.05) is 13.1 Å². The van der Waals surface area contributed by atoms with Crippen LogP contribution in [0.4, 0.5) is 0 Å². The second kappa shape index (κ2) is 8.08. The van der Waals surface area contributed by atoms with Gasteiger partial charge < -0.3 is 5.11 Å². The number of carbonyl (C=O) groups is 1. The van der Waals surface area contributed by atoms with Gasteiger partial charge in [0, 0.05) is 34.4 Å². The minimum absolute atomic E-state index is 0.135. The number of pyridine rings is 1. The molecule has 0 bridgehead atoms. The highest BCUT2D eigenvalue weighted by atomic mass is 35.5. The maximum Gasteiger partial charge on any atom is 0.307 e. The molecule has 0 amide bonds. The summed E-state index contributed by atoms with van der Waals surface area (Å²) in [5.74, 6) is -1.11. The Morgan fingerprint density at radius 1 is 1.14 bits per heavy atom. The number of carboxylic acid groups (broad SMARTS) is 1. The van der Waals surface area contributed by atoms with Crippen LogP contribution in [0.1, 0.15) is 30.0 Å². The van der Waals surface area contributed by atoms with E-state index in [1.807, 2.05) is 30.5 Å². The number of halogens is 2. The Kier molecular flexibility index (Phi) is 5.54. The average Bonchev–Trinajstić information content (AvgIpc) is 2.70. The summed E-state index contributed by atoms with van der Waals surface area (Å²) in [5, 5.41) is 12.9. The largest absolute Gasteiger partial charge is 0.481 e. The van der Waals surface area contributed by atoms with E-state index in [4.69, 9.17) is 23.2 Å². The second-order valence-corrected chi connectivity index (χ2v) is 8.07. The van der Waals surface area contributed by atoms with E-state index in [-0.39, 0.29) is 12.0 Å². The Labute approximate surface area is 173 Å². The first-order valence-corrected chi connectivity index (χ1v) is 10.0. The molecule has 2 heterocycles. The Morgan fingerprint density at radius 3 is 2.79 bits per heavy atom. The molecule has 1 aromatic heterocycles. The minimum atomic E-state index is -0.741. The molecule has 6 heteroatoms. The van der Waals surface area contributed by atoms with Gasteiger partial charge in [-0.25, -0.2) is 0 Å². The van der Waals surface area contributed by atoms with Crippen LogP contribution in [0.3, 0.4) is 0 Å². The molecule has 1 N–H and O–H groups in total. The Morgan fingerprint density at radius 2 is 2.00 bits per heavy atom. The zero-order chi connectivity index (χ0) is 19.7. The summed E-state index contributed by atoms with van der Waals surface area (Å²) in [4.78, 5) is 18.0. The summed E-state index contributed by atoms with van der Waals surface area (Å²) >= 11 is 12.7. The molecule has 0 spiro atoms. The number of piperidine rings is 1. The van der Waals surface area contributed by atoms with Crippen molar-refractivity contribution in [2.24, 2.45) is 5.92 Å². The first-order chi connectivity index (χ1) is 13.5.